The topological polar surface area (TPSA) is 48.4 Å². The summed E-state index contributed by atoms with van der Waals surface area (Å²) >= 11 is 0. The van der Waals surface area contributed by atoms with Crippen LogP contribution < -0.4 is 5.73 Å². The van der Waals surface area contributed by atoms with Crippen molar-refractivity contribution in [1.29, 1.82) is 0 Å². The van der Waals surface area contributed by atoms with Gasteiger partial charge in [0, 0.05) is 12.2 Å². The second-order valence-electron chi connectivity index (χ2n) is 4.09. The molecule has 0 atom stereocenters. The molecule has 0 spiro atoms. The number of ether oxygens (including phenoxy) is 1. The molecule has 0 aliphatic rings. The highest BCUT2D eigenvalue weighted by molar-refractivity contribution is 5.57. The van der Waals surface area contributed by atoms with E-state index in [-0.39, 0.29) is 0 Å². The predicted molar refractivity (Wildman–Crippen MR) is 67.4 cm³/mol. The van der Waals surface area contributed by atoms with E-state index < -0.39 is 11.6 Å². The van der Waals surface area contributed by atoms with E-state index in [0.717, 1.165) is 18.6 Å². The van der Waals surface area contributed by atoms with Crippen molar-refractivity contribution in [3.8, 4) is 11.3 Å². The Kier molecular flexibility index (Phi) is 4.65. The zero-order chi connectivity index (χ0) is 13.7. The summed E-state index contributed by atoms with van der Waals surface area (Å²) < 4.78 is 36.8. The molecule has 1 aromatic carbocycles. The smallest absolute Gasteiger partial charge is 0.159 e. The van der Waals surface area contributed by atoms with Gasteiger partial charge in [0.15, 0.2) is 11.6 Å². The first-order valence-corrected chi connectivity index (χ1v) is 6.02. The molecule has 102 valence electrons. The predicted octanol–water partition coefficient (Wildman–Crippen LogP) is 3.09. The van der Waals surface area contributed by atoms with Crippen LogP contribution in [0.5, 0.6) is 0 Å². The average Bonchev–Trinajstić information content (AvgIpc) is 2.87. The molecule has 2 rings (SSSR count). The van der Waals surface area contributed by atoms with Crippen LogP contribution in [0.15, 0.2) is 34.7 Å². The largest absolute Gasteiger partial charge is 0.459 e. The molecule has 0 bridgehead atoms. The van der Waals surface area contributed by atoms with Gasteiger partial charge in [-0.25, -0.2) is 8.78 Å². The molecule has 0 amide bonds. The third-order valence-corrected chi connectivity index (χ3v) is 2.60. The molecule has 3 nitrogen and oxygen atoms in total. The van der Waals surface area contributed by atoms with Crippen LogP contribution in [0, 0.1) is 11.6 Å². The van der Waals surface area contributed by atoms with Gasteiger partial charge in [-0.2, -0.15) is 0 Å². The second kappa shape index (κ2) is 6.45. The normalized spacial score (nSPS) is 10.9. The maximum absolute atomic E-state index is 13.1. The van der Waals surface area contributed by atoms with Crippen LogP contribution >= 0.6 is 0 Å². The van der Waals surface area contributed by atoms with Gasteiger partial charge in [-0.05, 0) is 43.3 Å². The number of nitrogens with two attached hydrogens (primary N) is 1. The summed E-state index contributed by atoms with van der Waals surface area (Å²) in [4.78, 5) is 0. The Labute approximate surface area is 110 Å². The molecule has 1 heterocycles. The number of hydrogen-bond donors (Lipinski definition) is 1. The Hall–Kier alpha value is -1.72. The minimum atomic E-state index is -0.894. The summed E-state index contributed by atoms with van der Waals surface area (Å²) in [7, 11) is 0. The number of furan rings is 1. The van der Waals surface area contributed by atoms with Gasteiger partial charge in [-0.1, -0.05) is 0 Å². The molecule has 1 aromatic heterocycles. The van der Waals surface area contributed by atoms with Crippen LogP contribution in [0.2, 0.25) is 0 Å². The van der Waals surface area contributed by atoms with Crippen molar-refractivity contribution in [3.63, 3.8) is 0 Å². The molecule has 5 heteroatoms. The number of benzene rings is 1. The van der Waals surface area contributed by atoms with E-state index in [2.05, 4.69) is 0 Å². The molecule has 19 heavy (non-hydrogen) atoms. The van der Waals surface area contributed by atoms with E-state index >= 15 is 0 Å². The van der Waals surface area contributed by atoms with E-state index in [9.17, 15) is 8.78 Å². The van der Waals surface area contributed by atoms with Crippen molar-refractivity contribution in [2.45, 2.75) is 13.0 Å². The first-order chi connectivity index (χ1) is 9.20. The van der Waals surface area contributed by atoms with Crippen LogP contribution in [-0.2, 0) is 11.3 Å². The van der Waals surface area contributed by atoms with Gasteiger partial charge in [0.1, 0.15) is 18.1 Å². The maximum atomic E-state index is 13.1. The molecule has 0 saturated heterocycles. The van der Waals surface area contributed by atoms with E-state index in [4.69, 9.17) is 14.9 Å². The molecule has 2 N–H and O–H groups in total. The van der Waals surface area contributed by atoms with E-state index in [1.54, 1.807) is 12.1 Å². The first kappa shape index (κ1) is 13.7. The minimum Gasteiger partial charge on any atom is -0.459 e. The maximum Gasteiger partial charge on any atom is 0.159 e. The van der Waals surface area contributed by atoms with Gasteiger partial charge in [0.2, 0.25) is 0 Å². The Morgan fingerprint density at radius 2 is 1.95 bits per heavy atom. The fourth-order valence-electron chi connectivity index (χ4n) is 1.62. The summed E-state index contributed by atoms with van der Waals surface area (Å²) in [5.74, 6) is -0.650. The molecule has 0 unspecified atom stereocenters. The highest BCUT2D eigenvalue weighted by atomic mass is 19.2. The van der Waals surface area contributed by atoms with E-state index in [1.165, 1.54) is 6.07 Å². The van der Waals surface area contributed by atoms with Crippen molar-refractivity contribution in [1.82, 2.24) is 0 Å². The third kappa shape index (κ3) is 3.62. The summed E-state index contributed by atoms with van der Waals surface area (Å²) in [6.45, 7) is 1.49. The van der Waals surface area contributed by atoms with Crippen molar-refractivity contribution in [2.75, 3.05) is 13.2 Å². The van der Waals surface area contributed by atoms with Crippen LogP contribution in [0.4, 0.5) is 8.78 Å². The number of hydrogen-bond acceptors (Lipinski definition) is 3. The Bertz CT molecular complexity index is 540. The summed E-state index contributed by atoms with van der Waals surface area (Å²) in [5, 5.41) is 0. The van der Waals surface area contributed by atoms with Crippen molar-refractivity contribution < 1.29 is 17.9 Å². The monoisotopic (exact) mass is 267 g/mol. The molecular formula is C14H15F2NO2. The molecule has 0 aliphatic heterocycles. The van der Waals surface area contributed by atoms with Crippen LogP contribution in [0.1, 0.15) is 12.2 Å². The van der Waals surface area contributed by atoms with Crippen molar-refractivity contribution in [3.05, 3.63) is 47.7 Å². The van der Waals surface area contributed by atoms with Crippen LogP contribution in [0.3, 0.4) is 0 Å². The van der Waals surface area contributed by atoms with Crippen LogP contribution in [0.25, 0.3) is 11.3 Å². The van der Waals surface area contributed by atoms with Crippen molar-refractivity contribution in [2.24, 2.45) is 5.73 Å². The summed E-state index contributed by atoms with van der Waals surface area (Å²) in [6, 6.07) is 7.10. The average molecular weight is 267 g/mol. The molecule has 0 fully saturated rings. The van der Waals surface area contributed by atoms with Crippen LogP contribution in [-0.4, -0.2) is 13.2 Å². The molecule has 0 aliphatic carbocycles. The highest BCUT2D eigenvalue weighted by Crippen LogP contribution is 2.24. The molecule has 0 saturated carbocycles. The number of halogens is 2. The van der Waals surface area contributed by atoms with Gasteiger partial charge in [-0.15, -0.1) is 0 Å². The molecule has 0 radical (unpaired) electrons. The van der Waals surface area contributed by atoms with Crippen molar-refractivity contribution >= 4 is 0 Å². The van der Waals surface area contributed by atoms with E-state index in [1.807, 2.05) is 0 Å². The summed E-state index contributed by atoms with van der Waals surface area (Å²) in [5.41, 5.74) is 5.84. The SMILES string of the molecule is NCCCOCc1ccc(-c2ccc(F)c(F)c2)o1. The standard InChI is InChI=1S/C14H15F2NO2/c15-12-4-2-10(8-13(12)16)14-5-3-11(19-14)9-18-7-1-6-17/h2-5,8H,1,6-7,9,17H2. The lowest BCUT2D eigenvalue weighted by Crippen LogP contribution is -2.03. The zero-order valence-electron chi connectivity index (χ0n) is 10.4. The Morgan fingerprint density at radius 1 is 1.11 bits per heavy atom. The lowest BCUT2D eigenvalue weighted by atomic mass is 10.1. The Morgan fingerprint density at radius 3 is 2.68 bits per heavy atom. The molecular weight excluding hydrogens is 252 g/mol. The number of rotatable bonds is 6. The highest BCUT2D eigenvalue weighted by Gasteiger charge is 2.08. The van der Waals surface area contributed by atoms with E-state index in [0.29, 0.717) is 36.8 Å². The van der Waals surface area contributed by atoms with Gasteiger partial charge in [-0.3, -0.25) is 0 Å². The fourth-order valence-corrected chi connectivity index (χ4v) is 1.62. The minimum absolute atomic E-state index is 0.337. The summed E-state index contributed by atoms with van der Waals surface area (Å²) in [6.07, 6.45) is 0.788. The zero-order valence-corrected chi connectivity index (χ0v) is 10.4. The molecule has 2 aromatic rings. The lowest BCUT2D eigenvalue weighted by Gasteiger charge is -2.01. The van der Waals surface area contributed by atoms with Gasteiger partial charge in [0.05, 0.1) is 0 Å². The lowest BCUT2D eigenvalue weighted by molar-refractivity contribution is 0.106. The third-order valence-electron chi connectivity index (χ3n) is 2.60. The fraction of sp³-hybridized carbons (Fsp3) is 0.286. The first-order valence-electron chi connectivity index (χ1n) is 6.02. The second-order valence-corrected chi connectivity index (χ2v) is 4.09. The van der Waals surface area contributed by atoms with Gasteiger partial charge < -0.3 is 14.9 Å². The Balaban J connectivity index is 2.01. The quantitative estimate of drug-likeness (QED) is 0.818. The van der Waals surface area contributed by atoms with Gasteiger partial charge in [0.25, 0.3) is 0 Å². The van der Waals surface area contributed by atoms with Gasteiger partial charge >= 0.3 is 0 Å².